The van der Waals surface area contributed by atoms with E-state index in [0.29, 0.717) is 0 Å². The van der Waals surface area contributed by atoms with Crippen LogP contribution < -0.4 is 5.32 Å². The molecule has 100 valence electrons. The second-order valence-electron chi connectivity index (χ2n) is 6.28. The van der Waals surface area contributed by atoms with Crippen LogP contribution >= 0.6 is 0 Å². The molecule has 1 N–H and O–H groups in total. The van der Waals surface area contributed by atoms with E-state index in [0.717, 1.165) is 24.3 Å². The molecule has 18 heavy (non-hydrogen) atoms. The van der Waals surface area contributed by atoms with Crippen molar-refractivity contribution in [1.82, 2.24) is 5.32 Å². The monoisotopic (exact) mass is 245 g/mol. The molecular weight excluding hydrogens is 218 g/mol. The van der Waals surface area contributed by atoms with Crippen LogP contribution in [-0.4, -0.2) is 13.1 Å². The van der Waals surface area contributed by atoms with Gasteiger partial charge in [0.15, 0.2) is 0 Å². The van der Waals surface area contributed by atoms with E-state index in [9.17, 15) is 0 Å². The fourth-order valence-corrected chi connectivity index (χ4v) is 2.65. The Kier molecular flexibility index (Phi) is 4.82. The van der Waals surface area contributed by atoms with E-state index in [1.54, 1.807) is 5.56 Å². The highest BCUT2D eigenvalue weighted by molar-refractivity contribution is 5.26. The molecule has 1 fully saturated rings. The molecule has 0 aliphatic heterocycles. The maximum absolute atomic E-state index is 3.65. The summed E-state index contributed by atoms with van der Waals surface area (Å²) in [5.41, 5.74) is 2.99. The Balaban J connectivity index is 1.88. The maximum atomic E-state index is 3.65. The lowest BCUT2D eigenvalue weighted by Gasteiger charge is -2.19. The van der Waals surface area contributed by atoms with Gasteiger partial charge >= 0.3 is 0 Å². The SMILES string of the molecule is Cc1ccccc1CC(CNCC(C)C)C1CC1. The zero-order valence-corrected chi connectivity index (χ0v) is 12.1. The predicted molar refractivity (Wildman–Crippen MR) is 78.8 cm³/mol. The lowest BCUT2D eigenvalue weighted by atomic mass is 9.92. The third kappa shape index (κ3) is 4.13. The first kappa shape index (κ1) is 13.6. The van der Waals surface area contributed by atoms with Crippen LogP contribution in [-0.2, 0) is 6.42 Å². The van der Waals surface area contributed by atoms with Crippen LogP contribution in [0, 0.1) is 24.7 Å². The molecule has 0 radical (unpaired) electrons. The summed E-state index contributed by atoms with van der Waals surface area (Å²) in [6.45, 7) is 9.13. The standard InChI is InChI=1S/C17H27N/c1-13(2)11-18-12-17(15-8-9-15)10-16-7-5-4-6-14(16)3/h4-7,13,15,17-18H,8-12H2,1-3H3. The number of rotatable bonds is 7. The highest BCUT2D eigenvalue weighted by Crippen LogP contribution is 2.38. The van der Waals surface area contributed by atoms with Gasteiger partial charge in [0.05, 0.1) is 0 Å². The van der Waals surface area contributed by atoms with E-state index in [1.807, 2.05) is 0 Å². The van der Waals surface area contributed by atoms with Gasteiger partial charge in [0, 0.05) is 0 Å². The first-order valence-corrected chi connectivity index (χ1v) is 7.42. The van der Waals surface area contributed by atoms with Crippen LogP contribution in [0.3, 0.4) is 0 Å². The molecule has 1 aromatic carbocycles. The van der Waals surface area contributed by atoms with Crippen LogP contribution in [0.25, 0.3) is 0 Å². The lowest BCUT2D eigenvalue weighted by Crippen LogP contribution is -2.28. The van der Waals surface area contributed by atoms with Gasteiger partial charge in [-0.3, -0.25) is 0 Å². The van der Waals surface area contributed by atoms with Gasteiger partial charge in [0.1, 0.15) is 0 Å². The normalized spacial score (nSPS) is 17.1. The van der Waals surface area contributed by atoms with E-state index >= 15 is 0 Å². The van der Waals surface area contributed by atoms with Crippen molar-refractivity contribution in [3.63, 3.8) is 0 Å². The third-order valence-corrected chi connectivity index (χ3v) is 3.99. The average molecular weight is 245 g/mol. The molecule has 0 spiro atoms. The van der Waals surface area contributed by atoms with Crippen molar-refractivity contribution in [2.45, 2.75) is 40.0 Å². The molecule has 0 saturated heterocycles. The second-order valence-corrected chi connectivity index (χ2v) is 6.28. The van der Waals surface area contributed by atoms with Gasteiger partial charge in [-0.2, -0.15) is 0 Å². The van der Waals surface area contributed by atoms with Gasteiger partial charge in [-0.25, -0.2) is 0 Å². The summed E-state index contributed by atoms with van der Waals surface area (Å²) >= 11 is 0. The fourth-order valence-electron chi connectivity index (χ4n) is 2.65. The van der Waals surface area contributed by atoms with Crippen LogP contribution in [0.15, 0.2) is 24.3 Å². The molecular formula is C17H27N. The summed E-state index contributed by atoms with van der Waals surface area (Å²) < 4.78 is 0. The minimum absolute atomic E-state index is 0.753. The fraction of sp³-hybridized carbons (Fsp3) is 0.647. The summed E-state index contributed by atoms with van der Waals surface area (Å²) in [6.07, 6.45) is 4.14. The highest BCUT2D eigenvalue weighted by Gasteiger charge is 2.30. The van der Waals surface area contributed by atoms with Gasteiger partial charge in [0.25, 0.3) is 0 Å². The number of hydrogen-bond donors (Lipinski definition) is 1. The maximum Gasteiger partial charge on any atom is -0.00146 e. The van der Waals surface area contributed by atoms with Crippen molar-refractivity contribution in [2.24, 2.45) is 17.8 Å². The molecule has 1 aromatic rings. The van der Waals surface area contributed by atoms with Crippen molar-refractivity contribution < 1.29 is 0 Å². The molecule has 0 aromatic heterocycles. The molecule has 1 unspecified atom stereocenters. The Morgan fingerprint density at radius 1 is 1.17 bits per heavy atom. The van der Waals surface area contributed by atoms with E-state index in [1.165, 1.54) is 31.4 Å². The molecule has 1 saturated carbocycles. The molecule has 1 aliphatic rings. The van der Waals surface area contributed by atoms with E-state index in [2.05, 4.69) is 50.4 Å². The Morgan fingerprint density at radius 3 is 2.50 bits per heavy atom. The Morgan fingerprint density at radius 2 is 1.89 bits per heavy atom. The zero-order chi connectivity index (χ0) is 13.0. The van der Waals surface area contributed by atoms with Crippen molar-refractivity contribution in [3.8, 4) is 0 Å². The van der Waals surface area contributed by atoms with Crippen LogP contribution in [0.5, 0.6) is 0 Å². The van der Waals surface area contributed by atoms with Crippen molar-refractivity contribution >= 4 is 0 Å². The molecule has 0 amide bonds. The summed E-state index contributed by atoms with van der Waals surface area (Å²) in [7, 11) is 0. The minimum Gasteiger partial charge on any atom is -0.316 e. The Bertz CT molecular complexity index is 366. The van der Waals surface area contributed by atoms with E-state index < -0.39 is 0 Å². The highest BCUT2D eigenvalue weighted by atomic mass is 14.9. The summed E-state index contributed by atoms with van der Waals surface area (Å²) in [5.74, 6) is 2.57. The van der Waals surface area contributed by atoms with Gasteiger partial charge in [-0.15, -0.1) is 0 Å². The number of nitrogens with one attached hydrogen (secondary N) is 1. The van der Waals surface area contributed by atoms with Crippen LogP contribution in [0.2, 0.25) is 0 Å². The molecule has 1 atom stereocenters. The van der Waals surface area contributed by atoms with E-state index in [4.69, 9.17) is 0 Å². The second kappa shape index (κ2) is 6.38. The van der Waals surface area contributed by atoms with Crippen molar-refractivity contribution in [3.05, 3.63) is 35.4 Å². The summed E-state index contributed by atoms with van der Waals surface area (Å²) in [5, 5.41) is 3.65. The van der Waals surface area contributed by atoms with Gasteiger partial charge in [-0.05, 0) is 68.2 Å². The van der Waals surface area contributed by atoms with Gasteiger partial charge in [0.2, 0.25) is 0 Å². The van der Waals surface area contributed by atoms with Crippen molar-refractivity contribution in [2.75, 3.05) is 13.1 Å². The van der Waals surface area contributed by atoms with Crippen LogP contribution in [0.4, 0.5) is 0 Å². The smallest absolute Gasteiger partial charge is 0.00146 e. The Hall–Kier alpha value is -0.820. The van der Waals surface area contributed by atoms with Gasteiger partial charge in [-0.1, -0.05) is 38.1 Å². The zero-order valence-electron chi connectivity index (χ0n) is 12.1. The first-order chi connectivity index (χ1) is 8.66. The van der Waals surface area contributed by atoms with Crippen molar-refractivity contribution in [1.29, 1.82) is 0 Å². The molecule has 0 bridgehead atoms. The Labute approximate surface area is 112 Å². The van der Waals surface area contributed by atoms with Crippen LogP contribution in [0.1, 0.15) is 37.8 Å². The largest absolute Gasteiger partial charge is 0.316 e. The van der Waals surface area contributed by atoms with Gasteiger partial charge < -0.3 is 5.32 Å². The number of benzene rings is 1. The molecule has 0 heterocycles. The third-order valence-electron chi connectivity index (χ3n) is 3.99. The minimum atomic E-state index is 0.753. The molecule has 2 rings (SSSR count). The summed E-state index contributed by atoms with van der Waals surface area (Å²) in [6, 6.07) is 8.85. The molecule has 1 nitrogen and oxygen atoms in total. The topological polar surface area (TPSA) is 12.0 Å². The summed E-state index contributed by atoms with van der Waals surface area (Å²) in [4.78, 5) is 0. The number of aryl methyl sites for hydroxylation is 1. The van der Waals surface area contributed by atoms with E-state index in [-0.39, 0.29) is 0 Å². The quantitative estimate of drug-likeness (QED) is 0.770. The number of hydrogen-bond acceptors (Lipinski definition) is 1. The molecule has 1 heteroatoms. The molecule has 1 aliphatic carbocycles. The first-order valence-electron chi connectivity index (χ1n) is 7.42. The predicted octanol–water partition coefficient (Wildman–Crippen LogP) is 3.81. The average Bonchev–Trinajstić information content (AvgIpc) is 3.14. The lowest BCUT2D eigenvalue weighted by molar-refractivity contribution is 0.407.